The van der Waals surface area contributed by atoms with Gasteiger partial charge in [0.1, 0.15) is 0 Å². The first-order valence-corrected chi connectivity index (χ1v) is 11.4. The second-order valence-electron chi connectivity index (χ2n) is 7.31. The highest BCUT2D eigenvalue weighted by Crippen LogP contribution is 2.10. The summed E-state index contributed by atoms with van der Waals surface area (Å²) in [6.45, 7) is 23.2. The van der Waals surface area contributed by atoms with Crippen LogP contribution in [0.15, 0.2) is 0 Å². The smallest absolute Gasteiger partial charge is 0.290 e. The molecule has 196 valence electrons. The van der Waals surface area contributed by atoms with Crippen LogP contribution in [-0.4, -0.2) is 75.0 Å². The van der Waals surface area contributed by atoms with E-state index in [9.17, 15) is 4.79 Å². The first kappa shape index (κ1) is 40.6. The molecule has 4 N–H and O–H groups in total. The first-order chi connectivity index (χ1) is 15.0. The molecule has 0 heterocycles. The van der Waals surface area contributed by atoms with Crippen LogP contribution in [0.3, 0.4) is 0 Å². The van der Waals surface area contributed by atoms with Gasteiger partial charge >= 0.3 is 0 Å². The molecule has 0 spiro atoms. The summed E-state index contributed by atoms with van der Waals surface area (Å²) in [7, 11) is 1.56. The zero-order chi connectivity index (χ0) is 26.5. The van der Waals surface area contributed by atoms with E-state index in [1.807, 2.05) is 62.3 Å². The summed E-state index contributed by atoms with van der Waals surface area (Å²) >= 11 is 0. The van der Waals surface area contributed by atoms with Gasteiger partial charge in [-0.1, -0.05) is 34.6 Å². The topological polar surface area (TPSA) is 126 Å². The van der Waals surface area contributed by atoms with Gasteiger partial charge in [-0.15, -0.1) is 0 Å². The van der Waals surface area contributed by atoms with Crippen molar-refractivity contribution in [3.8, 4) is 0 Å². The number of nitrogens with one attached hydrogen (secondary N) is 3. The van der Waals surface area contributed by atoms with E-state index in [0.29, 0.717) is 32.6 Å². The van der Waals surface area contributed by atoms with Gasteiger partial charge in [-0.2, -0.15) is 0 Å². The number of carbonyl (C=O) groups is 3. The van der Waals surface area contributed by atoms with Gasteiger partial charge in [0.25, 0.3) is 6.47 Å². The van der Waals surface area contributed by atoms with Gasteiger partial charge in [0, 0.05) is 20.0 Å². The van der Waals surface area contributed by atoms with E-state index in [-0.39, 0.29) is 23.6 Å². The fraction of sp³-hybridized carbons (Fsp3) is 0.870. The molecule has 0 fully saturated rings. The summed E-state index contributed by atoms with van der Waals surface area (Å²) in [6.07, 6.45) is 2.04. The van der Waals surface area contributed by atoms with Crippen molar-refractivity contribution >= 4 is 18.8 Å². The van der Waals surface area contributed by atoms with Crippen molar-refractivity contribution in [1.82, 2.24) is 16.0 Å². The fourth-order valence-corrected chi connectivity index (χ4v) is 1.67. The average molecular weight is 468 g/mol. The lowest BCUT2D eigenvalue weighted by molar-refractivity contribution is -0.124. The predicted octanol–water partition coefficient (Wildman–Crippen LogP) is 3.22. The Bertz CT molecular complexity index is 386. The van der Waals surface area contributed by atoms with E-state index < -0.39 is 0 Å². The molecular formula is C23H53N3O6. The van der Waals surface area contributed by atoms with E-state index in [0.717, 1.165) is 19.5 Å². The maximum Gasteiger partial charge on any atom is 0.290 e. The molecule has 0 radical (unpaired) electrons. The summed E-state index contributed by atoms with van der Waals surface area (Å²) < 4.78 is 11.4. The molecule has 0 saturated heterocycles. The molecule has 0 aliphatic rings. The van der Waals surface area contributed by atoms with Crippen molar-refractivity contribution in [1.29, 1.82) is 0 Å². The molecule has 0 atom stereocenters. The Morgan fingerprint density at radius 1 is 0.969 bits per heavy atom. The monoisotopic (exact) mass is 467 g/mol. The molecule has 0 unspecified atom stereocenters. The maximum atomic E-state index is 11.7. The van der Waals surface area contributed by atoms with Crippen LogP contribution in [0.25, 0.3) is 0 Å². The normalized spacial score (nSPS) is 9.59. The highest BCUT2D eigenvalue weighted by Gasteiger charge is 2.19. The minimum atomic E-state index is -0.376. The predicted molar refractivity (Wildman–Crippen MR) is 133 cm³/mol. The van der Waals surface area contributed by atoms with Gasteiger partial charge in [0.15, 0.2) is 0 Å². The Kier molecular flexibility index (Phi) is 40.0. The Hall–Kier alpha value is -1.71. The number of rotatable bonds is 12. The van der Waals surface area contributed by atoms with Crippen LogP contribution >= 0.6 is 0 Å². The molecule has 0 saturated carbocycles. The lowest BCUT2D eigenvalue weighted by atomic mass is 10.1. The van der Waals surface area contributed by atoms with E-state index >= 15 is 0 Å². The van der Waals surface area contributed by atoms with Crippen LogP contribution < -0.4 is 16.0 Å². The molecule has 9 nitrogen and oxygen atoms in total. The van der Waals surface area contributed by atoms with Crippen molar-refractivity contribution in [2.45, 2.75) is 93.3 Å². The Morgan fingerprint density at radius 3 is 1.78 bits per heavy atom. The Balaban J connectivity index is -0.000000185. The van der Waals surface area contributed by atoms with Crippen molar-refractivity contribution in [2.75, 3.05) is 39.9 Å². The SMILES string of the molecule is CC.CC.CCNCCCC(=O)NCC(C)(C)OCCOC(C)(C)C.CNC=O.O=CO. The van der Waals surface area contributed by atoms with E-state index in [2.05, 4.69) is 22.9 Å². The largest absolute Gasteiger partial charge is 0.483 e. The molecule has 0 aromatic heterocycles. The number of amides is 2. The summed E-state index contributed by atoms with van der Waals surface area (Å²) in [5.41, 5.74) is -0.521. The number of carbonyl (C=O) groups excluding carboxylic acids is 2. The molecule has 0 aliphatic carbocycles. The van der Waals surface area contributed by atoms with E-state index in [4.69, 9.17) is 24.2 Å². The average Bonchev–Trinajstić information content (AvgIpc) is 2.76. The number of hydrogen-bond donors (Lipinski definition) is 4. The lowest BCUT2D eigenvalue weighted by Gasteiger charge is -2.27. The van der Waals surface area contributed by atoms with Gasteiger partial charge < -0.3 is 30.5 Å². The Morgan fingerprint density at radius 2 is 1.41 bits per heavy atom. The number of hydrogen-bond acceptors (Lipinski definition) is 6. The fourth-order valence-electron chi connectivity index (χ4n) is 1.67. The minimum absolute atomic E-state index is 0.0792. The lowest BCUT2D eigenvalue weighted by Crippen LogP contribution is -2.41. The van der Waals surface area contributed by atoms with Gasteiger partial charge in [-0.25, -0.2) is 0 Å². The van der Waals surface area contributed by atoms with Gasteiger partial charge in [0.05, 0.1) is 24.4 Å². The van der Waals surface area contributed by atoms with Crippen LogP contribution in [-0.2, 0) is 23.9 Å². The van der Waals surface area contributed by atoms with Crippen molar-refractivity contribution in [3.63, 3.8) is 0 Å². The molecule has 32 heavy (non-hydrogen) atoms. The van der Waals surface area contributed by atoms with Crippen molar-refractivity contribution in [3.05, 3.63) is 0 Å². The van der Waals surface area contributed by atoms with Gasteiger partial charge in [-0.05, 0) is 54.1 Å². The molecule has 2 amide bonds. The van der Waals surface area contributed by atoms with Crippen molar-refractivity contribution < 1.29 is 29.0 Å². The molecule has 0 aliphatic heterocycles. The minimum Gasteiger partial charge on any atom is -0.483 e. The third kappa shape index (κ3) is 51.2. The molecular weight excluding hydrogens is 414 g/mol. The van der Waals surface area contributed by atoms with Gasteiger partial charge in [-0.3, -0.25) is 14.4 Å². The highest BCUT2D eigenvalue weighted by molar-refractivity contribution is 5.75. The van der Waals surface area contributed by atoms with Crippen LogP contribution in [0.1, 0.15) is 82.1 Å². The van der Waals surface area contributed by atoms with Gasteiger partial charge in [0.2, 0.25) is 12.3 Å². The molecule has 0 aromatic rings. The number of carboxylic acid groups (broad SMARTS) is 1. The Labute approximate surface area is 197 Å². The van der Waals surface area contributed by atoms with Crippen LogP contribution in [0.2, 0.25) is 0 Å². The molecule has 0 bridgehead atoms. The van der Waals surface area contributed by atoms with E-state index in [1.54, 1.807) is 7.05 Å². The quantitative estimate of drug-likeness (QED) is 0.256. The van der Waals surface area contributed by atoms with Crippen LogP contribution in [0.5, 0.6) is 0 Å². The number of ether oxygens (including phenoxy) is 2. The zero-order valence-corrected chi connectivity index (χ0v) is 22.6. The van der Waals surface area contributed by atoms with Crippen LogP contribution in [0.4, 0.5) is 0 Å². The molecule has 0 aromatic carbocycles. The van der Waals surface area contributed by atoms with Crippen LogP contribution in [0, 0.1) is 0 Å². The summed E-state index contributed by atoms with van der Waals surface area (Å²) in [6, 6.07) is 0. The summed E-state index contributed by atoms with van der Waals surface area (Å²) in [5, 5.41) is 15.3. The third-order valence-corrected chi connectivity index (χ3v) is 2.95. The van der Waals surface area contributed by atoms with Crippen molar-refractivity contribution in [2.24, 2.45) is 0 Å². The summed E-state index contributed by atoms with van der Waals surface area (Å²) in [5.74, 6) is 0.0792. The second-order valence-corrected chi connectivity index (χ2v) is 7.31. The third-order valence-electron chi connectivity index (χ3n) is 2.95. The summed E-state index contributed by atoms with van der Waals surface area (Å²) in [4.78, 5) is 29.1. The maximum absolute atomic E-state index is 11.7. The van der Waals surface area contributed by atoms with E-state index in [1.165, 1.54) is 0 Å². The molecule has 0 rings (SSSR count). The zero-order valence-electron chi connectivity index (χ0n) is 22.6. The molecule has 9 heteroatoms. The highest BCUT2D eigenvalue weighted by atomic mass is 16.5. The first-order valence-electron chi connectivity index (χ1n) is 11.4. The second kappa shape index (κ2) is 31.5. The standard InChI is InChI=1S/C16H34N2O3.C2H5NO.2C2H6.CH2O2/c1-7-17-10-8-9-14(19)18-13-16(5,6)21-12-11-20-15(2,3)4;1-3-2-4;2*1-2;2-1-3/h17H,7-13H2,1-6H3,(H,18,19);2H,1H3,(H,3,4);2*1-2H3;1H,(H,2,3).